The van der Waals surface area contributed by atoms with Gasteiger partial charge in [-0.1, -0.05) is 37.1 Å². The average Bonchev–Trinajstić information content (AvgIpc) is 2.55. The molecule has 1 aliphatic rings. The highest BCUT2D eigenvalue weighted by Gasteiger charge is 2.42. The van der Waals surface area contributed by atoms with Gasteiger partial charge in [-0.3, -0.25) is 4.79 Å². The van der Waals surface area contributed by atoms with E-state index >= 15 is 0 Å². The highest BCUT2D eigenvalue weighted by atomic mass is 16.5. The quantitative estimate of drug-likeness (QED) is 0.705. The molecule has 0 N–H and O–H groups in total. The fourth-order valence-electron chi connectivity index (χ4n) is 2.44. The summed E-state index contributed by atoms with van der Waals surface area (Å²) in [7, 11) is 1.66. The summed E-state index contributed by atoms with van der Waals surface area (Å²) >= 11 is 0. The molecule has 2 heteroatoms. The lowest BCUT2D eigenvalue weighted by atomic mass is 9.73. The third kappa shape index (κ3) is 2.68. The number of allylic oxidation sites excluding steroid dienone is 2. The van der Waals surface area contributed by atoms with Crippen molar-refractivity contribution in [3.8, 4) is 0 Å². The van der Waals surface area contributed by atoms with E-state index in [1.54, 1.807) is 7.11 Å². The molecule has 0 aromatic carbocycles. The van der Waals surface area contributed by atoms with E-state index in [1.165, 1.54) is 0 Å². The number of carbonyl (C=O) groups excluding carboxylic acids is 1. The maximum absolute atomic E-state index is 12.5. The smallest absolute Gasteiger partial charge is 0.149 e. The normalized spacial score (nSPS) is 18.2. The largest absolute Gasteiger partial charge is 0.383 e. The molecule has 0 radical (unpaired) electrons. The summed E-state index contributed by atoms with van der Waals surface area (Å²) in [6.45, 7) is 8.82. The van der Waals surface area contributed by atoms with Crippen LogP contribution in [0.2, 0.25) is 0 Å². The molecule has 0 amide bonds. The molecule has 1 aliphatic carbocycles. The van der Waals surface area contributed by atoms with Crippen LogP contribution in [-0.2, 0) is 9.53 Å². The van der Waals surface area contributed by atoms with Gasteiger partial charge < -0.3 is 4.74 Å². The van der Waals surface area contributed by atoms with Crippen LogP contribution in [0, 0.1) is 11.3 Å². The van der Waals surface area contributed by atoms with Crippen molar-refractivity contribution in [1.82, 2.24) is 0 Å². The van der Waals surface area contributed by atoms with Gasteiger partial charge in [0, 0.05) is 13.5 Å². The summed E-state index contributed by atoms with van der Waals surface area (Å²) < 4.78 is 5.30. The van der Waals surface area contributed by atoms with E-state index < -0.39 is 5.41 Å². The number of hydrogen-bond acceptors (Lipinski definition) is 2. The van der Waals surface area contributed by atoms with Gasteiger partial charge >= 0.3 is 0 Å². The van der Waals surface area contributed by atoms with E-state index in [0.29, 0.717) is 24.7 Å². The van der Waals surface area contributed by atoms with Crippen LogP contribution in [0.25, 0.3) is 0 Å². The first kappa shape index (κ1) is 14.2. The molecule has 0 saturated carbocycles. The third-order valence-corrected chi connectivity index (χ3v) is 3.72. The van der Waals surface area contributed by atoms with Crippen molar-refractivity contribution in [3.63, 3.8) is 0 Å². The Bertz CT molecular complexity index is 330. The van der Waals surface area contributed by atoms with Gasteiger partial charge in [-0.05, 0) is 26.2 Å². The van der Waals surface area contributed by atoms with Crippen molar-refractivity contribution >= 4 is 5.78 Å². The van der Waals surface area contributed by atoms with Gasteiger partial charge in [-0.25, -0.2) is 0 Å². The minimum absolute atomic E-state index is 0.299. The summed E-state index contributed by atoms with van der Waals surface area (Å²) in [6, 6.07) is 0. The molecule has 0 unspecified atom stereocenters. The molecular weight excluding hydrogens is 212 g/mol. The fraction of sp³-hybridized carbons (Fsp3) is 0.667. The molecule has 2 nitrogen and oxygen atoms in total. The first-order chi connectivity index (χ1) is 7.95. The Balaban J connectivity index is 2.89. The Morgan fingerprint density at radius 3 is 2.24 bits per heavy atom. The monoisotopic (exact) mass is 236 g/mol. The van der Waals surface area contributed by atoms with E-state index in [1.807, 2.05) is 26.0 Å². The van der Waals surface area contributed by atoms with E-state index in [2.05, 4.69) is 13.8 Å². The zero-order valence-electron chi connectivity index (χ0n) is 11.7. The van der Waals surface area contributed by atoms with Gasteiger partial charge in [0.05, 0.1) is 12.0 Å². The van der Waals surface area contributed by atoms with Crippen molar-refractivity contribution < 1.29 is 9.53 Å². The molecule has 0 atom stereocenters. The zero-order valence-corrected chi connectivity index (χ0v) is 11.7. The average molecular weight is 236 g/mol. The number of ether oxygens (including phenoxy) is 1. The number of carbonyl (C=O) groups is 1. The second-order valence-corrected chi connectivity index (χ2v) is 5.39. The maximum atomic E-state index is 12.5. The van der Waals surface area contributed by atoms with Gasteiger partial charge in [-0.15, -0.1) is 0 Å². The highest BCUT2D eigenvalue weighted by molar-refractivity contribution is 5.92. The van der Waals surface area contributed by atoms with Crippen molar-refractivity contribution in [3.05, 3.63) is 23.3 Å². The number of hydrogen-bond donors (Lipinski definition) is 0. The summed E-state index contributed by atoms with van der Waals surface area (Å²) in [5, 5.41) is 0. The predicted octanol–water partition coefficient (Wildman–Crippen LogP) is 3.53. The predicted molar refractivity (Wildman–Crippen MR) is 70.9 cm³/mol. The number of rotatable bonds is 6. The van der Waals surface area contributed by atoms with Gasteiger partial charge in [0.15, 0.2) is 0 Å². The minimum atomic E-state index is -0.482. The highest BCUT2D eigenvalue weighted by Crippen LogP contribution is 2.42. The van der Waals surface area contributed by atoms with Crippen molar-refractivity contribution in [2.24, 2.45) is 11.3 Å². The van der Waals surface area contributed by atoms with Crippen LogP contribution < -0.4 is 0 Å². The first-order valence-corrected chi connectivity index (χ1v) is 6.33. The maximum Gasteiger partial charge on any atom is 0.149 e. The van der Waals surface area contributed by atoms with E-state index in [-0.39, 0.29) is 0 Å². The molecule has 0 aromatic heterocycles. The summed E-state index contributed by atoms with van der Waals surface area (Å²) in [4.78, 5) is 12.5. The number of methoxy groups -OCH3 is 1. The van der Waals surface area contributed by atoms with E-state index in [4.69, 9.17) is 4.74 Å². The summed E-state index contributed by atoms with van der Waals surface area (Å²) in [6.07, 6.45) is 5.67. The fourth-order valence-corrected chi connectivity index (χ4v) is 2.44. The van der Waals surface area contributed by atoms with Crippen LogP contribution in [0.3, 0.4) is 0 Å². The van der Waals surface area contributed by atoms with E-state index in [9.17, 15) is 4.79 Å². The molecule has 96 valence electrons. The van der Waals surface area contributed by atoms with Gasteiger partial charge in [0.25, 0.3) is 0 Å². The number of ketones is 1. The first-order valence-electron chi connectivity index (χ1n) is 6.33. The lowest BCUT2D eigenvalue weighted by Crippen LogP contribution is -2.36. The molecule has 0 saturated heterocycles. The van der Waals surface area contributed by atoms with Crippen LogP contribution >= 0.6 is 0 Å². The zero-order chi connectivity index (χ0) is 13.1. The van der Waals surface area contributed by atoms with Crippen LogP contribution in [0.5, 0.6) is 0 Å². The molecule has 17 heavy (non-hydrogen) atoms. The van der Waals surface area contributed by atoms with E-state index in [0.717, 1.165) is 17.6 Å². The molecule has 1 rings (SSSR count). The Morgan fingerprint density at radius 2 is 1.82 bits per heavy atom. The lowest BCUT2D eigenvalue weighted by molar-refractivity contribution is -0.127. The van der Waals surface area contributed by atoms with Crippen molar-refractivity contribution in [2.75, 3.05) is 13.7 Å². The van der Waals surface area contributed by atoms with Crippen molar-refractivity contribution in [1.29, 1.82) is 0 Å². The Kier molecular flexibility index (Phi) is 4.70. The van der Waals surface area contributed by atoms with Crippen LogP contribution in [-0.4, -0.2) is 19.5 Å². The van der Waals surface area contributed by atoms with Crippen molar-refractivity contribution in [2.45, 2.75) is 40.5 Å². The Hall–Kier alpha value is -0.890. The van der Waals surface area contributed by atoms with Gasteiger partial charge in [0.2, 0.25) is 0 Å². The lowest BCUT2D eigenvalue weighted by Gasteiger charge is -2.31. The molecule has 0 spiro atoms. The SMILES string of the molecule is COCC1(C(=O)CCC(C)C)C(C)=CC=C1C. The molecular formula is C15H24O2. The molecule has 0 aromatic rings. The molecule has 0 aliphatic heterocycles. The van der Waals surface area contributed by atoms with Crippen LogP contribution in [0.1, 0.15) is 40.5 Å². The number of Topliss-reactive ketones (excluding diaryl/α,β-unsaturated/α-hetero) is 1. The second-order valence-electron chi connectivity index (χ2n) is 5.39. The standard InChI is InChI=1S/C15H24O2/c1-11(2)6-9-14(16)15(10-17-5)12(3)7-8-13(15)4/h7-8,11H,6,9-10H2,1-5H3. The third-order valence-electron chi connectivity index (χ3n) is 3.72. The van der Waals surface area contributed by atoms with Gasteiger partial charge in [-0.2, -0.15) is 0 Å². The van der Waals surface area contributed by atoms with Crippen LogP contribution in [0.4, 0.5) is 0 Å². The molecule has 0 bridgehead atoms. The Labute approximate surface area is 105 Å². The summed E-state index contributed by atoms with van der Waals surface area (Å²) in [5.41, 5.74) is 1.75. The Morgan fingerprint density at radius 1 is 1.29 bits per heavy atom. The topological polar surface area (TPSA) is 26.3 Å². The minimum Gasteiger partial charge on any atom is -0.383 e. The van der Waals surface area contributed by atoms with Crippen LogP contribution in [0.15, 0.2) is 23.3 Å². The summed E-state index contributed by atoms with van der Waals surface area (Å²) in [5.74, 6) is 0.863. The molecule has 0 fully saturated rings. The second kappa shape index (κ2) is 5.63. The van der Waals surface area contributed by atoms with Gasteiger partial charge in [0.1, 0.15) is 5.78 Å². The molecule has 0 heterocycles.